The van der Waals surface area contributed by atoms with Crippen LogP contribution in [0.3, 0.4) is 0 Å². The molecule has 0 bridgehead atoms. The number of amides is 2. The first-order valence-corrected chi connectivity index (χ1v) is 12.7. The maximum atomic E-state index is 12.8. The van der Waals surface area contributed by atoms with Crippen LogP contribution < -0.4 is 4.74 Å². The summed E-state index contributed by atoms with van der Waals surface area (Å²) in [6.45, 7) is 11.6. The molecule has 2 aliphatic heterocycles. The van der Waals surface area contributed by atoms with E-state index in [0.29, 0.717) is 44.6 Å². The summed E-state index contributed by atoms with van der Waals surface area (Å²) in [6, 6.07) is 13.1. The molecule has 0 unspecified atom stereocenters. The highest BCUT2D eigenvalue weighted by Crippen LogP contribution is 2.44. The molecule has 0 aromatic heterocycles. The molecule has 4 rings (SSSR count). The number of phenolic OH excluding ortho intramolecular Hbond substituents is 1. The first kappa shape index (κ1) is 25.6. The predicted octanol–water partition coefficient (Wildman–Crippen LogP) is 5.47. The second-order valence-electron chi connectivity index (χ2n) is 10.4. The molecule has 192 valence electrons. The van der Waals surface area contributed by atoms with Crippen molar-refractivity contribution in [1.29, 1.82) is 0 Å². The Morgan fingerprint density at radius 1 is 1.08 bits per heavy atom. The monoisotopic (exact) mass is 492 g/mol. The molecular weight excluding hydrogens is 456 g/mol. The summed E-state index contributed by atoms with van der Waals surface area (Å²) in [5.74, 6) is 0.544. The quantitative estimate of drug-likeness (QED) is 0.612. The van der Waals surface area contributed by atoms with Crippen LogP contribution in [-0.2, 0) is 4.74 Å². The molecule has 1 saturated heterocycles. The van der Waals surface area contributed by atoms with Crippen LogP contribution >= 0.6 is 0 Å². The number of likely N-dealkylation sites (tertiary alicyclic amines) is 1. The lowest BCUT2D eigenvalue weighted by molar-refractivity contribution is -0.00117. The Labute approximate surface area is 213 Å². The minimum atomic E-state index is -0.576. The average Bonchev–Trinajstić information content (AvgIpc) is 2.83. The van der Waals surface area contributed by atoms with Crippen LogP contribution in [0.1, 0.15) is 68.9 Å². The van der Waals surface area contributed by atoms with Crippen LogP contribution in [0, 0.1) is 0 Å². The standard InChI is InChI=1S/C29H36N2O5/c1-6-30(7-2)26(33)22-13-12-20(18-24(22)32)23-19-29(35-25-11-9-8-10-21(23)25)14-16-31(17-15-29)27(34)36-28(3,4)5/h8-13,18-19,32H,6-7,14-17H2,1-5H3. The molecule has 2 amide bonds. The zero-order valence-electron chi connectivity index (χ0n) is 21.8. The molecule has 0 atom stereocenters. The Kier molecular flexibility index (Phi) is 7.03. The zero-order chi connectivity index (χ0) is 26.1. The summed E-state index contributed by atoms with van der Waals surface area (Å²) in [5.41, 5.74) is 1.87. The van der Waals surface area contributed by atoms with E-state index in [2.05, 4.69) is 6.08 Å². The van der Waals surface area contributed by atoms with Gasteiger partial charge in [-0.2, -0.15) is 0 Å². The van der Waals surface area contributed by atoms with E-state index in [9.17, 15) is 14.7 Å². The zero-order valence-corrected chi connectivity index (χ0v) is 21.8. The molecule has 36 heavy (non-hydrogen) atoms. The molecule has 0 aliphatic carbocycles. The maximum Gasteiger partial charge on any atom is 0.410 e. The highest BCUT2D eigenvalue weighted by molar-refractivity contribution is 5.98. The molecule has 7 heteroatoms. The fourth-order valence-electron chi connectivity index (χ4n) is 4.81. The smallest absolute Gasteiger partial charge is 0.410 e. The molecule has 7 nitrogen and oxygen atoms in total. The van der Waals surface area contributed by atoms with Crippen LogP contribution in [0.15, 0.2) is 48.5 Å². The van der Waals surface area contributed by atoms with Gasteiger partial charge in [0.05, 0.1) is 5.56 Å². The van der Waals surface area contributed by atoms with Crippen LogP contribution in [0.5, 0.6) is 11.5 Å². The lowest BCUT2D eigenvalue weighted by Crippen LogP contribution is -2.50. The van der Waals surface area contributed by atoms with Gasteiger partial charge in [0.15, 0.2) is 0 Å². The molecule has 2 aromatic rings. The molecule has 1 N–H and O–H groups in total. The normalized spacial score (nSPS) is 16.6. The molecule has 0 saturated carbocycles. The van der Waals surface area contributed by atoms with Gasteiger partial charge in [0, 0.05) is 44.6 Å². The van der Waals surface area contributed by atoms with E-state index < -0.39 is 11.2 Å². The van der Waals surface area contributed by atoms with Gasteiger partial charge in [-0.05, 0) is 70.0 Å². The molecule has 2 aromatic carbocycles. The second kappa shape index (κ2) is 9.88. The molecule has 1 spiro atoms. The van der Waals surface area contributed by atoms with Crippen molar-refractivity contribution in [1.82, 2.24) is 9.80 Å². The second-order valence-corrected chi connectivity index (χ2v) is 10.4. The topological polar surface area (TPSA) is 79.3 Å². The summed E-state index contributed by atoms with van der Waals surface area (Å²) in [4.78, 5) is 28.8. The summed E-state index contributed by atoms with van der Waals surface area (Å²) < 4.78 is 12.1. The minimum absolute atomic E-state index is 0.0388. The van der Waals surface area contributed by atoms with Crippen molar-refractivity contribution in [3.05, 3.63) is 65.2 Å². The number of hydrogen-bond donors (Lipinski definition) is 1. The third-order valence-corrected chi connectivity index (χ3v) is 6.75. The third kappa shape index (κ3) is 5.20. The van der Waals surface area contributed by atoms with E-state index in [4.69, 9.17) is 9.47 Å². The van der Waals surface area contributed by atoms with Crippen molar-refractivity contribution in [2.75, 3.05) is 26.2 Å². The highest BCUT2D eigenvalue weighted by Gasteiger charge is 2.41. The van der Waals surface area contributed by atoms with E-state index in [1.165, 1.54) is 0 Å². The van der Waals surface area contributed by atoms with E-state index in [1.807, 2.05) is 65.0 Å². The lowest BCUT2D eigenvalue weighted by atomic mass is 9.82. The lowest BCUT2D eigenvalue weighted by Gasteiger charge is -2.43. The van der Waals surface area contributed by atoms with Gasteiger partial charge in [-0.3, -0.25) is 4.79 Å². The van der Waals surface area contributed by atoms with Gasteiger partial charge in [0.1, 0.15) is 22.7 Å². The Bertz CT molecular complexity index is 1170. The van der Waals surface area contributed by atoms with Gasteiger partial charge in [0.2, 0.25) is 0 Å². The average molecular weight is 493 g/mol. The fraction of sp³-hybridized carbons (Fsp3) is 0.448. The number of phenols is 1. The van der Waals surface area contributed by atoms with Crippen LogP contribution in [0.4, 0.5) is 4.79 Å². The van der Waals surface area contributed by atoms with Crippen LogP contribution in [0.25, 0.3) is 5.57 Å². The van der Waals surface area contributed by atoms with E-state index in [-0.39, 0.29) is 17.7 Å². The highest BCUT2D eigenvalue weighted by atomic mass is 16.6. The van der Waals surface area contributed by atoms with Crippen molar-refractivity contribution >= 4 is 17.6 Å². The van der Waals surface area contributed by atoms with Crippen molar-refractivity contribution in [3.63, 3.8) is 0 Å². The third-order valence-electron chi connectivity index (χ3n) is 6.75. The Balaban J connectivity index is 1.64. The van der Waals surface area contributed by atoms with E-state index in [1.54, 1.807) is 21.9 Å². The van der Waals surface area contributed by atoms with Gasteiger partial charge in [-0.25, -0.2) is 4.79 Å². The molecule has 1 fully saturated rings. The number of carbonyl (C=O) groups excluding carboxylic acids is 2. The number of piperidine rings is 1. The van der Waals surface area contributed by atoms with E-state index in [0.717, 1.165) is 22.4 Å². The van der Waals surface area contributed by atoms with Gasteiger partial charge >= 0.3 is 6.09 Å². The summed E-state index contributed by atoms with van der Waals surface area (Å²) in [7, 11) is 0. The maximum absolute atomic E-state index is 12.8. The van der Waals surface area contributed by atoms with E-state index >= 15 is 0 Å². The number of hydrogen-bond acceptors (Lipinski definition) is 5. The van der Waals surface area contributed by atoms with Crippen LogP contribution in [-0.4, -0.2) is 64.3 Å². The minimum Gasteiger partial charge on any atom is -0.507 e. The van der Waals surface area contributed by atoms with Gasteiger partial charge in [-0.15, -0.1) is 0 Å². The number of nitrogens with zero attached hydrogens (tertiary/aromatic N) is 2. The summed E-state index contributed by atoms with van der Waals surface area (Å²) in [5, 5.41) is 10.8. The Morgan fingerprint density at radius 3 is 2.36 bits per heavy atom. The van der Waals surface area contributed by atoms with Crippen molar-refractivity contribution in [2.24, 2.45) is 0 Å². The predicted molar refractivity (Wildman–Crippen MR) is 139 cm³/mol. The molecular formula is C29H36N2O5. The molecule has 0 radical (unpaired) electrons. The first-order valence-electron chi connectivity index (χ1n) is 12.7. The Hall–Kier alpha value is -3.48. The number of aromatic hydroxyl groups is 1. The van der Waals surface area contributed by atoms with Gasteiger partial charge in [-0.1, -0.05) is 24.3 Å². The molecule has 2 aliphatic rings. The number of benzene rings is 2. The number of para-hydroxylation sites is 1. The van der Waals surface area contributed by atoms with Crippen molar-refractivity contribution in [3.8, 4) is 11.5 Å². The summed E-state index contributed by atoms with van der Waals surface area (Å²) >= 11 is 0. The van der Waals surface area contributed by atoms with Crippen molar-refractivity contribution in [2.45, 2.75) is 58.7 Å². The number of carbonyl (C=O) groups is 2. The SMILES string of the molecule is CCN(CC)C(=O)c1ccc(C2=CC3(CCN(C(=O)OC(C)(C)C)CC3)Oc3ccccc32)cc1O. The van der Waals surface area contributed by atoms with Gasteiger partial charge in [0.25, 0.3) is 5.91 Å². The van der Waals surface area contributed by atoms with Gasteiger partial charge < -0.3 is 24.4 Å². The number of ether oxygens (including phenoxy) is 2. The largest absolute Gasteiger partial charge is 0.507 e. The number of fused-ring (bicyclic) bond motifs is 1. The Morgan fingerprint density at radius 2 is 1.75 bits per heavy atom. The first-order chi connectivity index (χ1) is 17.1. The fourth-order valence-corrected chi connectivity index (χ4v) is 4.81. The molecule has 2 heterocycles. The van der Waals surface area contributed by atoms with Crippen LogP contribution in [0.2, 0.25) is 0 Å². The summed E-state index contributed by atoms with van der Waals surface area (Å²) in [6.07, 6.45) is 3.04. The van der Waals surface area contributed by atoms with Crippen molar-refractivity contribution < 1.29 is 24.2 Å². The number of rotatable bonds is 4.